The molecular formula is C14H21Cl2N5O3. The molecule has 2 rings (SSSR count). The Morgan fingerprint density at radius 1 is 1.17 bits per heavy atom. The van der Waals surface area contributed by atoms with Crippen LogP contribution >= 0.6 is 24.8 Å². The van der Waals surface area contributed by atoms with E-state index in [9.17, 15) is 14.4 Å². The number of pyridine rings is 1. The first-order chi connectivity index (χ1) is 10.5. The Hall–Kier alpha value is -1.90. The summed E-state index contributed by atoms with van der Waals surface area (Å²) < 4.78 is 2.26. The number of hydrogen-bond acceptors (Lipinski definition) is 5. The maximum Gasteiger partial charge on any atom is 0.332 e. The molecule has 2 heterocycles. The Morgan fingerprint density at radius 2 is 1.83 bits per heavy atom. The highest BCUT2D eigenvalue weighted by molar-refractivity contribution is 5.94. The van der Waals surface area contributed by atoms with Gasteiger partial charge in [-0.05, 0) is 31.5 Å². The van der Waals surface area contributed by atoms with Gasteiger partial charge in [0.15, 0.2) is 0 Å². The van der Waals surface area contributed by atoms with Gasteiger partial charge in [0.2, 0.25) is 0 Å². The maximum atomic E-state index is 12.0. The van der Waals surface area contributed by atoms with E-state index in [2.05, 4.69) is 10.3 Å². The van der Waals surface area contributed by atoms with Crippen LogP contribution < -0.4 is 22.3 Å². The average molecular weight is 378 g/mol. The first kappa shape index (κ1) is 22.1. The van der Waals surface area contributed by atoms with Gasteiger partial charge in [0.05, 0.1) is 5.39 Å². The SMILES string of the molecule is Cl.Cl.Cn1c(=O)c2ccc(C(=O)NCCCCN)nc2n(C)c1=O. The van der Waals surface area contributed by atoms with Crippen LogP contribution in [-0.2, 0) is 14.1 Å². The van der Waals surface area contributed by atoms with Gasteiger partial charge < -0.3 is 11.1 Å². The van der Waals surface area contributed by atoms with Crippen molar-refractivity contribution in [1.29, 1.82) is 0 Å². The van der Waals surface area contributed by atoms with Crippen molar-refractivity contribution < 1.29 is 4.79 Å². The topological polar surface area (TPSA) is 112 Å². The predicted molar refractivity (Wildman–Crippen MR) is 97.3 cm³/mol. The third-order valence-electron chi connectivity index (χ3n) is 3.45. The van der Waals surface area contributed by atoms with Gasteiger partial charge in [-0.3, -0.25) is 18.7 Å². The number of carbonyl (C=O) groups is 1. The lowest BCUT2D eigenvalue weighted by Crippen LogP contribution is -2.37. The van der Waals surface area contributed by atoms with Crippen LogP contribution in [0.25, 0.3) is 11.0 Å². The summed E-state index contributed by atoms with van der Waals surface area (Å²) in [6.45, 7) is 1.08. The highest BCUT2D eigenvalue weighted by Crippen LogP contribution is 2.06. The van der Waals surface area contributed by atoms with E-state index in [0.29, 0.717) is 18.5 Å². The number of halogens is 2. The van der Waals surface area contributed by atoms with Crippen LogP contribution in [0.1, 0.15) is 23.3 Å². The van der Waals surface area contributed by atoms with E-state index in [1.54, 1.807) is 0 Å². The van der Waals surface area contributed by atoms with Crippen LogP contribution in [0.15, 0.2) is 21.7 Å². The van der Waals surface area contributed by atoms with Gasteiger partial charge in [-0.15, -0.1) is 24.8 Å². The lowest BCUT2D eigenvalue weighted by Gasteiger charge is -2.08. The van der Waals surface area contributed by atoms with Gasteiger partial charge >= 0.3 is 5.69 Å². The van der Waals surface area contributed by atoms with Crippen molar-refractivity contribution >= 4 is 41.8 Å². The van der Waals surface area contributed by atoms with Crippen molar-refractivity contribution in [2.45, 2.75) is 12.8 Å². The first-order valence-electron chi connectivity index (χ1n) is 7.02. The molecular weight excluding hydrogens is 357 g/mol. The molecule has 0 aliphatic carbocycles. The largest absolute Gasteiger partial charge is 0.351 e. The molecule has 0 spiro atoms. The molecule has 0 bridgehead atoms. The van der Waals surface area contributed by atoms with E-state index >= 15 is 0 Å². The molecule has 0 aliphatic rings. The Labute approximate surface area is 150 Å². The van der Waals surface area contributed by atoms with E-state index in [4.69, 9.17) is 5.73 Å². The van der Waals surface area contributed by atoms with E-state index in [0.717, 1.165) is 17.4 Å². The second kappa shape index (κ2) is 9.41. The maximum absolute atomic E-state index is 12.0. The summed E-state index contributed by atoms with van der Waals surface area (Å²) in [5, 5.41) is 3.03. The number of nitrogens with zero attached hydrogens (tertiary/aromatic N) is 3. The van der Waals surface area contributed by atoms with Crippen molar-refractivity contribution in [3.05, 3.63) is 38.7 Å². The number of nitrogens with two attached hydrogens (primary N) is 1. The van der Waals surface area contributed by atoms with Gasteiger partial charge in [0, 0.05) is 20.6 Å². The van der Waals surface area contributed by atoms with E-state index in [1.807, 2.05) is 0 Å². The summed E-state index contributed by atoms with van der Waals surface area (Å²) in [4.78, 5) is 40.1. The van der Waals surface area contributed by atoms with Crippen molar-refractivity contribution in [1.82, 2.24) is 19.4 Å². The zero-order valence-corrected chi connectivity index (χ0v) is 15.1. The van der Waals surface area contributed by atoms with Gasteiger partial charge in [0.25, 0.3) is 11.5 Å². The monoisotopic (exact) mass is 377 g/mol. The molecule has 0 atom stereocenters. The molecule has 1 amide bonds. The van der Waals surface area contributed by atoms with Crippen molar-refractivity contribution in [2.75, 3.05) is 13.1 Å². The van der Waals surface area contributed by atoms with Crippen LogP contribution in [0.2, 0.25) is 0 Å². The Balaban J connectivity index is 0.00000264. The van der Waals surface area contributed by atoms with Crippen LogP contribution in [0, 0.1) is 0 Å². The fourth-order valence-electron chi connectivity index (χ4n) is 2.14. The lowest BCUT2D eigenvalue weighted by atomic mass is 10.2. The molecule has 3 N–H and O–H groups in total. The minimum atomic E-state index is -0.481. The normalized spacial score (nSPS) is 9.96. The molecule has 134 valence electrons. The van der Waals surface area contributed by atoms with Crippen molar-refractivity contribution in [3.63, 3.8) is 0 Å². The molecule has 0 radical (unpaired) electrons. The van der Waals surface area contributed by atoms with Crippen LogP contribution in [0.4, 0.5) is 0 Å². The van der Waals surface area contributed by atoms with Gasteiger partial charge in [-0.25, -0.2) is 9.78 Å². The summed E-state index contributed by atoms with van der Waals surface area (Å²) in [6, 6.07) is 2.99. The molecule has 0 aliphatic heterocycles. The number of rotatable bonds is 5. The van der Waals surface area contributed by atoms with Crippen LogP contribution in [-0.4, -0.2) is 33.1 Å². The lowest BCUT2D eigenvalue weighted by molar-refractivity contribution is 0.0948. The zero-order valence-electron chi connectivity index (χ0n) is 13.4. The number of amides is 1. The molecule has 24 heavy (non-hydrogen) atoms. The number of aromatic nitrogens is 3. The molecule has 0 saturated carbocycles. The first-order valence-corrected chi connectivity index (χ1v) is 7.02. The Bertz CT molecular complexity index is 831. The number of carbonyl (C=O) groups excluding carboxylic acids is 1. The molecule has 2 aromatic rings. The summed E-state index contributed by atoms with van der Waals surface area (Å²) in [5.74, 6) is -0.341. The number of hydrogen-bond donors (Lipinski definition) is 2. The fourth-order valence-corrected chi connectivity index (χ4v) is 2.14. The van der Waals surface area contributed by atoms with Gasteiger partial charge in [-0.1, -0.05) is 0 Å². The number of aryl methyl sites for hydroxylation is 1. The summed E-state index contributed by atoms with van der Waals surface area (Å²) in [5.41, 5.74) is 4.84. The van der Waals surface area contributed by atoms with Crippen LogP contribution in [0.5, 0.6) is 0 Å². The second-order valence-corrected chi connectivity index (χ2v) is 5.03. The molecule has 2 aromatic heterocycles. The van der Waals surface area contributed by atoms with Crippen LogP contribution in [0.3, 0.4) is 0 Å². The number of nitrogens with one attached hydrogen (secondary N) is 1. The van der Waals surface area contributed by atoms with Gasteiger partial charge in [-0.2, -0.15) is 0 Å². The van der Waals surface area contributed by atoms with Crippen molar-refractivity contribution in [3.8, 4) is 0 Å². The third kappa shape index (κ3) is 4.34. The third-order valence-corrected chi connectivity index (χ3v) is 3.45. The molecule has 0 aromatic carbocycles. The van der Waals surface area contributed by atoms with Gasteiger partial charge in [0.1, 0.15) is 11.3 Å². The smallest absolute Gasteiger partial charge is 0.332 e. The summed E-state index contributed by atoms with van der Waals surface area (Å²) >= 11 is 0. The Morgan fingerprint density at radius 3 is 2.46 bits per heavy atom. The quantitative estimate of drug-likeness (QED) is 0.709. The number of unbranched alkanes of at least 4 members (excludes halogenated alkanes) is 1. The van der Waals surface area contributed by atoms with E-state index < -0.39 is 11.2 Å². The number of fused-ring (bicyclic) bond motifs is 1. The second-order valence-electron chi connectivity index (χ2n) is 5.03. The summed E-state index contributed by atoms with van der Waals surface area (Å²) in [6.07, 6.45) is 1.62. The molecule has 10 heteroatoms. The van der Waals surface area contributed by atoms with E-state index in [-0.39, 0.29) is 42.1 Å². The summed E-state index contributed by atoms with van der Waals surface area (Å²) in [7, 11) is 2.92. The molecule has 0 fully saturated rings. The standard InChI is InChI=1S/C14H19N5O3.2ClH/c1-18-11-9(13(21)19(2)14(18)22)5-6-10(17-11)12(20)16-8-4-3-7-15;;/h5-6H,3-4,7-8,15H2,1-2H3,(H,16,20);2*1H. The molecule has 0 saturated heterocycles. The average Bonchev–Trinajstić information content (AvgIpc) is 2.54. The van der Waals surface area contributed by atoms with E-state index in [1.165, 1.54) is 30.8 Å². The fraction of sp³-hybridized carbons (Fsp3) is 0.429. The minimum Gasteiger partial charge on any atom is -0.351 e. The zero-order chi connectivity index (χ0) is 16.3. The highest BCUT2D eigenvalue weighted by atomic mass is 35.5. The minimum absolute atomic E-state index is 0. The molecule has 8 nitrogen and oxygen atoms in total. The predicted octanol–water partition coefficient (Wildman–Crippen LogP) is -0.0555. The Kier molecular flexibility index (Phi) is 8.66. The highest BCUT2D eigenvalue weighted by Gasteiger charge is 2.13. The van der Waals surface area contributed by atoms with Crippen molar-refractivity contribution in [2.24, 2.45) is 19.8 Å². The molecule has 0 unspecified atom stereocenters.